The standard InChI is InChI=1S/C23H44N4O4S2/c24-19-15-11-7-3-1-5-9-13-17-21-26-32(28,29)23-33(30,31)27-22-18-14-10-6-2-4-8-12-16-20-25/h26-27H,1-18,21-23H2. The molecule has 0 bridgehead atoms. The summed E-state index contributed by atoms with van der Waals surface area (Å²) in [5, 5.41) is 16.0. The third-order valence-corrected chi connectivity index (χ3v) is 9.16. The Kier molecular flexibility index (Phi) is 20.6. The Labute approximate surface area is 202 Å². The quantitative estimate of drug-likeness (QED) is 0.180. The first-order chi connectivity index (χ1) is 15.8. The lowest BCUT2D eigenvalue weighted by Gasteiger charge is -2.09. The average Bonchev–Trinajstić information content (AvgIpc) is 2.75. The second-order valence-corrected chi connectivity index (χ2v) is 12.6. The first kappa shape index (κ1) is 31.8. The molecule has 0 unspecified atom stereocenters. The summed E-state index contributed by atoms with van der Waals surface area (Å²) in [4.78, 5) is 0. The molecule has 0 rings (SSSR count). The van der Waals surface area contributed by atoms with E-state index in [0.29, 0.717) is 25.7 Å². The van der Waals surface area contributed by atoms with Gasteiger partial charge in [-0.15, -0.1) is 0 Å². The van der Waals surface area contributed by atoms with Crippen molar-refractivity contribution >= 4 is 20.0 Å². The van der Waals surface area contributed by atoms with Crippen molar-refractivity contribution in [2.75, 3.05) is 18.2 Å². The number of hydrogen-bond acceptors (Lipinski definition) is 6. The van der Waals surface area contributed by atoms with Crippen LogP contribution in [0.3, 0.4) is 0 Å². The van der Waals surface area contributed by atoms with Crippen molar-refractivity contribution in [3.05, 3.63) is 0 Å². The van der Waals surface area contributed by atoms with Gasteiger partial charge in [0.2, 0.25) is 20.0 Å². The zero-order chi connectivity index (χ0) is 24.7. The van der Waals surface area contributed by atoms with Gasteiger partial charge >= 0.3 is 0 Å². The van der Waals surface area contributed by atoms with Crippen LogP contribution in [0.25, 0.3) is 0 Å². The highest BCUT2D eigenvalue weighted by atomic mass is 32.3. The minimum Gasteiger partial charge on any atom is -0.214 e. The Morgan fingerprint density at radius 2 is 0.727 bits per heavy atom. The van der Waals surface area contributed by atoms with Crippen molar-refractivity contribution in [1.82, 2.24) is 9.44 Å². The Bertz CT molecular complexity index is 692. The summed E-state index contributed by atoms with van der Waals surface area (Å²) in [5.74, 6) is 0. The molecule has 0 atom stereocenters. The van der Waals surface area contributed by atoms with Gasteiger partial charge in [0.05, 0.1) is 12.1 Å². The molecule has 192 valence electrons. The molecule has 8 nitrogen and oxygen atoms in total. The topological polar surface area (TPSA) is 140 Å². The number of nitrogens with one attached hydrogen (secondary N) is 2. The normalized spacial score (nSPS) is 11.8. The van der Waals surface area contributed by atoms with Crippen LogP contribution in [-0.2, 0) is 20.0 Å². The summed E-state index contributed by atoms with van der Waals surface area (Å²) in [5.41, 5.74) is 0. The minimum absolute atomic E-state index is 0.260. The van der Waals surface area contributed by atoms with E-state index in [9.17, 15) is 16.8 Å². The molecule has 0 aromatic rings. The van der Waals surface area contributed by atoms with E-state index in [1.165, 1.54) is 0 Å². The van der Waals surface area contributed by atoms with Gasteiger partial charge in [0.25, 0.3) is 0 Å². The van der Waals surface area contributed by atoms with Crippen molar-refractivity contribution in [3.8, 4) is 12.1 Å². The van der Waals surface area contributed by atoms with Gasteiger partial charge in [-0.25, -0.2) is 26.3 Å². The van der Waals surface area contributed by atoms with Crippen LogP contribution < -0.4 is 9.44 Å². The van der Waals surface area contributed by atoms with Crippen molar-refractivity contribution in [1.29, 1.82) is 10.5 Å². The van der Waals surface area contributed by atoms with Crippen LogP contribution in [0.15, 0.2) is 0 Å². The summed E-state index contributed by atoms with van der Waals surface area (Å²) in [6.45, 7) is 0.521. The minimum atomic E-state index is -3.86. The summed E-state index contributed by atoms with van der Waals surface area (Å²) in [6.07, 6.45) is 17.3. The molecule has 0 aromatic carbocycles. The maximum atomic E-state index is 12.0. The predicted molar refractivity (Wildman–Crippen MR) is 133 cm³/mol. The van der Waals surface area contributed by atoms with Crippen LogP contribution in [0, 0.1) is 22.7 Å². The Morgan fingerprint density at radius 3 is 1.03 bits per heavy atom. The van der Waals surface area contributed by atoms with Gasteiger partial charge in [0.1, 0.15) is 0 Å². The molecule has 0 aliphatic heterocycles. The van der Waals surface area contributed by atoms with E-state index in [0.717, 1.165) is 89.9 Å². The highest BCUT2D eigenvalue weighted by molar-refractivity contribution is 8.06. The van der Waals surface area contributed by atoms with Crippen molar-refractivity contribution < 1.29 is 16.8 Å². The van der Waals surface area contributed by atoms with Crippen molar-refractivity contribution in [2.24, 2.45) is 0 Å². The van der Waals surface area contributed by atoms with Gasteiger partial charge in [-0.3, -0.25) is 0 Å². The molecule has 0 saturated heterocycles. The van der Waals surface area contributed by atoms with Crippen LogP contribution in [0.2, 0.25) is 0 Å². The van der Waals surface area contributed by atoms with Gasteiger partial charge in [-0.1, -0.05) is 77.0 Å². The van der Waals surface area contributed by atoms with Crippen LogP contribution >= 0.6 is 0 Å². The highest BCUT2D eigenvalue weighted by Gasteiger charge is 2.21. The second kappa shape index (κ2) is 21.3. The first-order valence-corrected chi connectivity index (χ1v) is 15.8. The molecule has 0 aromatic heterocycles. The number of unbranched alkanes of at least 4 members (excludes halogenated alkanes) is 16. The third kappa shape index (κ3) is 23.7. The SMILES string of the molecule is N#CCCCCCCCCCCNS(=O)(=O)CS(=O)(=O)NCCCCCCCCCCC#N. The molecular weight excluding hydrogens is 460 g/mol. The molecule has 0 radical (unpaired) electrons. The molecule has 0 aliphatic rings. The summed E-state index contributed by atoms with van der Waals surface area (Å²) < 4.78 is 52.9. The first-order valence-electron chi connectivity index (χ1n) is 12.5. The monoisotopic (exact) mass is 504 g/mol. The number of hydrogen-bond donors (Lipinski definition) is 2. The summed E-state index contributed by atoms with van der Waals surface area (Å²) >= 11 is 0. The van der Waals surface area contributed by atoms with Gasteiger partial charge in [0.15, 0.2) is 5.08 Å². The Hall–Kier alpha value is -1.20. The summed E-state index contributed by atoms with van der Waals surface area (Å²) in [7, 11) is -7.72. The lowest BCUT2D eigenvalue weighted by molar-refractivity contribution is 0.552. The second-order valence-electron chi connectivity index (χ2n) is 8.61. The number of rotatable bonds is 24. The van der Waals surface area contributed by atoms with Crippen LogP contribution in [-0.4, -0.2) is 35.0 Å². The van der Waals surface area contributed by atoms with Crippen molar-refractivity contribution in [2.45, 2.75) is 116 Å². The molecule has 33 heavy (non-hydrogen) atoms. The van der Waals surface area contributed by atoms with E-state index >= 15 is 0 Å². The van der Waals surface area contributed by atoms with E-state index in [-0.39, 0.29) is 13.1 Å². The molecule has 0 heterocycles. The smallest absolute Gasteiger partial charge is 0.214 e. The highest BCUT2D eigenvalue weighted by Crippen LogP contribution is 2.10. The van der Waals surface area contributed by atoms with Gasteiger partial charge in [0, 0.05) is 25.9 Å². The fourth-order valence-corrected chi connectivity index (χ4v) is 6.73. The molecule has 2 N–H and O–H groups in total. The molecule has 0 spiro atoms. The van der Waals surface area contributed by atoms with Gasteiger partial charge in [-0.2, -0.15) is 10.5 Å². The molecule has 0 amide bonds. The number of nitrogens with zero attached hydrogens (tertiary/aromatic N) is 2. The van der Waals surface area contributed by atoms with Gasteiger partial charge in [-0.05, 0) is 25.7 Å². The maximum absolute atomic E-state index is 12.0. The molecule has 0 fully saturated rings. The van der Waals surface area contributed by atoms with Crippen molar-refractivity contribution in [3.63, 3.8) is 0 Å². The fraction of sp³-hybridized carbons (Fsp3) is 0.913. The zero-order valence-electron chi connectivity index (χ0n) is 20.2. The van der Waals surface area contributed by atoms with Crippen LogP contribution in [0.4, 0.5) is 0 Å². The van der Waals surface area contributed by atoms with Crippen LogP contribution in [0.5, 0.6) is 0 Å². The average molecular weight is 505 g/mol. The maximum Gasteiger partial charge on any atom is 0.227 e. The van der Waals surface area contributed by atoms with E-state index < -0.39 is 25.1 Å². The Balaban J connectivity index is 3.69. The zero-order valence-corrected chi connectivity index (χ0v) is 21.8. The largest absolute Gasteiger partial charge is 0.227 e. The van der Waals surface area contributed by atoms with E-state index in [1.807, 2.05) is 0 Å². The predicted octanol–water partition coefficient (Wildman–Crippen LogP) is 4.85. The van der Waals surface area contributed by atoms with E-state index in [1.54, 1.807) is 0 Å². The third-order valence-electron chi connectivity index (χ3n) is 5.38. The lowest BCUT2D eigenvalue weighted by atomic mass is 10.1. The van der Waals surface area contributed by atoms with Gasteiger partial charge < -0.3 is 0 Å². The molecule has 10 heteroatoms. The number of sulfonamides is 2. The van der Waals surface area contributed by atoms with E-state index in [2.05, 4.69) is 21.6 Å². The molecule has 0 saturated carbocycles. The Morgan fingerprint density at radius 1 is 0.455 bits per heavy atom. The van der Waals surface area contributed by atoms with Crippen LogP contribution in [0.1, 0.15) is 116 Å². The summed E-state index contributed by atoms with van der Waals surface area (Å²) in [6, 6.07) is 4.28. The lowest BCUT2D eigenvalue weighted by Crippen LogP contribution is -2.36. The fourth-order valence-electron chi connectivity index (χ4n) is 3.52. The molecule has 0 aliphatic carbocycles. The number of nitriles is 2. The van der Waals surface area contributed by atoms with E-state index in [4.69, 9.17) is 10.5 Å². The molecular formula is C23H44N4O4S2.